The lowest BCUT2D eigenvalue weighted by Gasteiger charge is -2.36. The van der Waals surface area contributed by atoms with E-state index in [4.69, 9.17) is 16.3 Å². The number of amides is 1. The first-order valence-corrected chi connectivity index (χ1v) is 12.8. The van der Waals surface area contributed by atoms with Crippen LogP contribution in [-0.2, 0) is 26.8 Å². The summed E-state index contributed by atoms with van der Waals surface area (Å²) in [7, 11) is -3.93. The molecule has 1 atom stereocenters. The molecule has 0 fully saturated rings. The highest BCUT2D eigenvalue weighted by Gasteiger charge is 2.38. The number of rotatable bonds is 5. The van der Waals surface area contributed by atoms with Crippen LogP contribution in [0.15, 0.2) is 77.7 Å². The Morgan fingerprint density at radius 2 is 1.74 bits per heavy atom. The van der Waals surface area contributed by atoms with E-state index in [1.807, 2.05) is 30.3 Å². The Morgan fingerprint density at radius 3 is 2.41 bits per heavy atom. The number of carbonyl (C=O) groups is 1. The highest BCUT2D eigenvalue weighted by molar-refractivity contribution is 7.92. The van der Waals surface area contributed by atoms with Crippen molar-refractivity contribution in [2.45, 2.75) is 43.7 Å². The molecule has 4 rings (SSSR count). The van der Waals surface area contributed by atoms with Gasteiger partial charge < -0.3 is 10.1 Å². The summed E-state index contributed by atoms with van der Waals surface area (Å²) < 4.78 is 34.5. The van der Waals surface area contributed by atoms with Crippen LogP contribution in [0.25, 0.3) is 0 Å². The lowest BCUT2D eigenvalue weighted by molar-refractivity contribution is -0.127. The SMILES string of the molecule is CC(C)(C)c1ccc2c(c1)N(S(=O)(=O)c1ccccc1)C[C@@H](C(=O)NCc1ccccc1Cl)O2. The quantitative estimate of drug-likeness (QED) is 0.542. The fourth-order valence-corrected chi connectivity index (χ4v) is 5.43. The van der Waals surface area contributed by atoms with E-state index in [9.17, 15) is 13.2 Å². The molecule has 3 aromatic carbocycles. The highest BCUT2D eigenvalue weighted by atomic mass is 35.5. The maximum absolute atomic E-state index is 13.6. The number of nitrogens with zero attached hydrogens (tertiary/aromatic N) is 1. The topological polar surface area (TPSA) is 75.7 Å². The average Bonchev–Trinajstić information content (AvgIpc) is 2.82. The lowest BCUT2D eigenvalue weighted by Crippen LogP contribution is -2.50. The number of benzene rings is 3. The van der Waals surface area contributed by atoms with Gasteiger partial charge in [0.1, 0.15) is 5.75 Å². The second kappa shape index (κ2) is 9.31. The van der Waals surface area contributed by atoms with Gasteiger partial charge in [-0.1, -0.05) is 74.8 Å². The molecule has 0 spiro atoms. The van der Waals surface area contributed by atoms with Crippen molar-refractivity contribution < 1.29 is 17.9 Å². The monoisotopic (exact) mass is 498 g/mol. The third-order valence-corrected chi connectivity index (χ3v) is 7.89. The van der Waals surface area contributed by atoms with Crippen LogP contribution in [0.3, 0.4) is 0 Å². The van der Waals surface area contributed by atoms with Crippen molar-refractivity contribution in [3.8, 4) is 5.75 Å². The van der Waals surface area contributed by atoms with Gasteiger partial charge in [0.15, 0.2) is 6.10 Å². The molecular formula is C26H27ClN2O4S. The van der Waals surface area contributed by atoms with Gasteiger partial charge in [0.2, 0.25) is 0 Å². The van der Waals surface area contributed by atoms with E-state index in [0.717, 1.165) is 11.1 Å². The van der Waals surface area contributed by atoms with Gasteiger partial charge in [-0.2, -0.15) is 0 Å². The summed E-state index contributed by atoms with van der Waals surface area (Å²) in [5, 5.41) is 3.36. The minimum atomic E-state index is -3.93. The summed E-state index contributed by atoms with van der Waals surface area (Å²) in [5.41, 5.74) is 1.95. The molecule has 0 aromatic heterocycles. The number of carbonyl (C=O) groups excluding carboxylic acids is 1. The molecule has 178 valence electrons. The minimum Gasteiger partial charge on any atom is -0.476 e. The fraction of sp³-hybridized carbons (Fsp3) is 0.269. The van der Waals surface area contributed by atoms with Crippen molar-refractivity contribution in [2.24, 2.45) is 0 Å². The van der Waals surface area contributed by atoms with Gasteiger partial charge >= 0.3 is 0 Å². The van der Waals surface area contributed by atoms with Gasteiger partial charge in [-0.25, -0.2) is 8.42 Å². The molecule has 0 aliphatic carbocycles. The molecule has 0 saturated carbocycles. The first-order valence-electron chi connectivity index (χ1n) is 11.0. The van der Waals surface area contributed by atoms with E-state index in [2.05, 4.69) is 26.1 Å². The number of hydrogen-bond acceptors (Lipinski definition) is 4. The van der Waals surface area contributed by atoms with Crippen molar-refractivity contribution in [2.75, 3.05) is 10.8 Å². The summed E-state index contributed by atoms with van der Waals surface area (Å²) in [6.07, 6.45) is -1.02. The van der Waals surface area contributed by atoms with Crippen molar-refractivity contribution in [3.05, 3.63) is 88.9 Å². The Bertz CT molecular complexity index is 1300. The van der Waals surface area contributed by atoms with E-state index in [0.29, 0.717) is 16.5 Å². The Kier molecular flexibility index (Phi) is 6.60. The predicted octanol–water partition coefficient (Wildman–Crippen LogP) is 4.91. The third-order valence-electron chi connectivity index (χ3n) is 5.73. The minimum absolute atomic E-state index is 0.147. The number of sulfonamides is 1. The Labute approximate surface area is 205 Å². The Balaban J connectivity index is 1.68. The number of fused-ring (bicyclic) bond motifs is 1. The van der Waals surface area contributed by atoms with E-state index < -0.39 is 22.0 Å². The van der Waals surface area contributed by atoms with Gasteiger partial charge in [0.25, 0.3) is 15.9 Å². The normalized spacial score (nSPS) is 15.9. The zero-order chi connectivity index (χ0) is 24.5. The second-order valence-electron chi connectivity index (χ2n) is 9.20. The van der Waals surface area contributed by atoms with Crippen molar-refractivity contribution >= 4 is 33.2 Å². The number of ether oxygens (including phenoxy) is 1. The lowest BCUT2D eigenvalue weighted by atomic mass is 9.86. The first-order chi connectivity index (χ1) is 16.1. The Morgan fingerprint density at radius 1 is 1.06 bits per heavy atom. The van der Waals surface area contributed by atoms with Gasteiger partial charge in [0, 0.05) is 11.6 Å². The molecule has 0 unspecified atom stereocenters. The van der Waals surface area contributed by atoms with Crippen LogP contribution in [0.5, 0.6) is 5.75 Å². The van der Waals surface area contributed by atoms with Crippen molar-refractivity contribution in [1.82, 2.24) is 5.32 Å². The van der Waals surface area contributed by atoms with E-state index in [-0.39, 0.29) is 23.4 Å². The second-order valence-corrected chi connectivity index (χ2v) is 11.5. The highest BCUT2D eigenvalue weighted by Crippen LogP contribution is 2.40. The molecule has 1 aliphatic heterocycles. The van der Waals surface area contributed by atoms with Crippen LogP contribution >= 0.6 is 11.6 Å². The van der Waals surface area contributed by atoms with Crippen LogP contribution < -0.4 is 14.4 Å². The molecular weight excluding hydrogens is 472 g/mol. The molecule has 8 heteroatoms. The summed E-state index contributed by atoms with van der Waals surface area (Å²) >= 11 is 6.19. The first kappa shape index (κ1) is 24.1. The van der Waals surface area contributed by atoms with E-state index >= 15 is 0 Å². The zero-order valence-corrected chi connectivity index (χ0v) is 20.9. The molecule has 0 radical (unpaired) electrons. The van der Waals surface area contributed by atoms with Crippen molar-refractivity contribution in [3.63, 3.8) is 0 Å². The van der Waals surface area contributed by atoms with E-state index in [1.165, 1.54) is 4.31 Å². The standard InChI is InChI=1S/C26H27ClN2O4S/c1-26(2,3)19-13-14-23-22(15-19)29(34(31,32)20-10-5-4-6-11-20)17-24(33-23)25(30)28-16-18-9-7-8-12-21(18)27/h4-15,24H,16-17H2,1-3H3,(H,28,30)/t24-/m0/s1. The molecule has 6 nitrogen and oxygen atoms in total. The van der Waals surface area contributed by atoms with Gasteiger partial charge in [0.05, 0.1) is 17.1 Å². The molecule has 34 heavy (non-hydrogen) atoms. The fourth-order valence-electron chi connectivity index (χ4n) is 3.74. The summed E-state index contributed by atoms with van der Waals surface area (Å²) in [6.45, 7) is 6.23. The number of nitrogens with one attached hydrogen (secondary N) is 1. The molecule has 1 aliphatic rings. The van der Waals surface area contributed by atoms with Gasteiger partial charge in [-0.05, 0) is 46.9 Å². The van der Waals surface area contributed by atoms with Crippen molar-refractivity contribution in [1.29, 1.82) is 0 Å². The third kappa shape index (κ3) is 4.91. The van der Waals surface area contributed by atoms with Gasteiger partial charge in [-0.15, -0.1) is 0 Å². The summed E-state index contributed by atoms with van der Waals surface area (Å²) in [4.78, 5) is 13.2. The number of hydrogen-bond donors (Lipinski definition) is 1. The van der Waals surface area contributed by atoms with Crippen LogP contribution in [0.4, 0.5) is 5.69 Å². The maximum Gasteiger partial charge on any atom is 0.264 e. The zero-order valence-electron chi connectivity index (χ0n) is 19.3. The number of anilines is 1. The van der Waals surface area contributed by atoms with Crippen LogP contribution in [0, 0.1) is 0 Å². The molecule has 0 bridgehead atoms. The van der Waals surface area contributed by atoms with E-state index in [1.54, 1.807) is 42.5 Å². The molecule has 1 heterocycles. The summed E-state index contributed by atoms with van der Waals surface area (Å²) in [6, 6.07) is 20.9. The van der Waals surface area contributed by atoms with Crippen LogP contribution in [-0.4, -0.2) is 27.0 Å². The summed E-state index contributed by atoms with van der Waals surface area (Å²) in [5.74, 6) is -0.0737. The molecule has 1 amide bonds. The number of halogens is 1. The maximum atomic E-state index is 13.6. The molecule has 3 aromatic rings. The average molecular weight is 499 g/mol. The smallest absolute Gasteiger partial charge is 0.264 e. The predicted molar refractivity (Wildman–Crippen MR) is 134 cm³/mol. The Hall–Kier alpha value is -3.03. The van der Waals surface area contributed by atoms with Gasteiger partial charge in [-0.3, -0.25) is 9.10 Å². The molecule has 0 saturated heterocycles. The van der Waals surface area contributed by atoms with Crippen LogP contribution in [0.2, 0.25) is 5.02 Å². The molecule has 1 N–H and O–H groups in total. The van der Waals surface area contributed by atoms with Crippen LogP contribution in [0.1, 0.15) is 31.9 Å². The largest absolute Gasteiger partial charge is 0.476 e.